The maximum atomic E-state index is 13.3. The summed E-state index contributed by atoms with van der Waals surface area (Å²) in [4.78, 5) is 27.8. The van der Waals surface area contributed by atoms with E-state index in [-0.39, 0.29) is 17.9 Å². The van der Waals surface area contributed by atoms with E-state index in [9.17, 15) is 14.7 Å². The van der Waals surface area contributed by atoms with Crippen LogP contribution in [0.3, 0.4) is 0 Å². The Morgan fingerprint density at radius 2 is 1.77 bits per heavy atom. The molecule has 1 aliphatic heterocycles. The number of amides is 1. The van der Waals surface area contributed by atoms with Crippen molar-refractivity contribution in [2.45, 2.75) is 26.4 Å². The van der Waals surface area contributed by atoms with Crippen molar-refractivity contribution in [3.8, 4) is 5.75 Å². The molecule has 6 nitrogen and oxygen atoms in total. The third-order valence-corrected chi connectivity index (χ3v) is 5.22. The van der Waals surface area contributed by atoms with Crippen molar-refractivity contribution in [3.63, 3.8) is 0 Å². The zero-order valence-electron chi connectivity index (χ0n) is 17.4. The minimum atomic E-state index is -0.749. The molecule has 1 aromatic heterocycles. The summed E-state index contributed by atoms with van der Waals surface area (Å²) < 4.78 is 11.0. The lowest BCUT2D eigenvalue weighted by Crippen LogP contribution is -2.30. The first-order chi connectivity index (χ1) is 15.0. The first-order valence-electron chi connectivity index (χ1n) is 10.1. The number of benzene rings is 2. The van der Waals surface area contributed by atoms with Gasteiger partial charge in [-0.2, -0.15) is 0 Å². The second-order valence-electron chi connectivity index (χ2n) is 7.32. The van der Waals surface area contributed by atoms with Crippen LogP contribution >= 0.6 is 0 Å². The Balaban J connectivity index is 1.77. The Bertz CT molecular complexity index is 1130. The molecule has 158 valence electrons. The molecule has 0 aliphatic carbocycles. The summed E-state index contributed by atoms with van der Waals surface area (Å²) in [5, 5.41) is 10.7. The molecule has 0 saturated heterocycles. The molecule has 0 spiro atoms. The minimum Gasteiger partial charge on any atom is -0.503 e. The van der Waals surface area contributed by atoms with Crippen LogP contribution in [0, 0.1) is 6.92 Å². The number of carbonyl (C=O) groups is 2. The fraction of sp³-hybridized carbons (Fsp3) is 0.200. The largest absolute Gasteiger partial charge is 0.503 e. The number of ketones is 1. The van der Waals surface area contributed by atoms with E-state index in [4.69, 9.17) is 9.15 Å². The van der Waals surface area contributed by atoms with Gasteiger partial charge in [0.05, 0.1) is 18.2 Å². The molecule has 0 saturated carbocycles. The van der Waals surface area contributed by atoms with Crippen molar-refractivity contribution < 1.29 is 23.8 Å². The van der Waals surface area contributed by atoms with E-state index in [1.807, 2.05) is 37.3 Å². The molecule has 0 fully saturated rings. The van der Waals surface area contributed by atoms with E-state index in [1.54, 1.807) is 43.3 Å². The molecule has 1 amide bonds. The zero-order valence-corrected chi connectivity index (χ0v) is 17.4. The molecule has 1 atom stereocenters. The standard InChI is InChI=1S/C25H23NO5/c1-3-30-19-12-10-18(11-13-19)22-21(23(27)20-14-9-16(2)31-20)24(28)25(29)26(22)15-17-7-5-4-6-8-17/h4-14,22,28H,3,15H2,1-2H3. The second kappa shape index (κ2) is 8.52. The van der Waals surface area contributed by atoms with Crippen LogP contribution in [0.1, 0.15) is 40.4 Å². The third kappa shape index (κ3) is 3.97. The Morgan fingerprint density at radius 1 is 1.06 bits per heavy atom. The monoisotopic (exact) mass is 417 g/mol. The lowest BCUT2D eigenvalue weighted by molar-refractivity contribution is -0.130. The molecular formula is C25H23NO5. The molecule has 6 heteroatoms. The molecule has 2 heterocycles. The summed E-state index contributed by atoms with van der Waals surface area (Å²) in [5.41, 5.74) is 1.60. The highest BCUT2D eigenvalue weighted by molar-refractivity contribution is 6.15. The Hall–Kier alpha value is -3.80. The van der Waals surface area contributed by atoms with Gasteiger partial charge in [-0.15, -0.1) is 0 Å². The Labute approximate surface area is 180 Å². The highest BCUT2D eigenvalue weighted by Crippen LogP contribution is 2.40. The Kier molecular flexibility index (Phi) is 5.62. The lowest BCUT2D eigenvalue weighted by atomic mass is 9.95. The normalized spacial score (nSPS) is 16.1. The van der Waals surface area contributed by atoms with Gasteiger partial charge in [0.15, 0.2) is 11.5 Å². The average molecular weight is 417 g/mol. The number of aliphatic hydroxyl groups excluding tert-OH is 1. The highest BCUT2D eigenvalue weighted by Gasteiger charge is 2.44. The highest BCUT2D eigenvalue weighted by atomic mass is 16.5. The van der Waals surface area contributed by atoms with Gasteiger partial charge in [-0.25, -0.2) is 0 Å². The van der Waals surface area contributed by atoms with Crippen molar-refractivity contribution in [3.05, 3.63) is 101 Å². The fourth-order valence-corrected chi connectivity index (χ4v) is 3.78. The number of aryl methyl sites for hydroxylation is 1. The number of hydrogen-bond acceptors (Lipinski definition) is 5. The van der Waals surface area contributed by atoms with Crippen molar-refractivity contribution >= 4 is 11.7 Å². The smallest absolute Gasteiger partial charge is 0.290 e. The van der Waals surface area contributed by atoms with Gasteiger partial charge in [-0.3, -0.25) is 9.59 Å². The van der Waals surface area contributed by atoms with Crippen LogP contribution < -0.4 is 4.74 Å². The second-order valence-corrected chi connectivity index (χ2v) is 7.32. The van der Waals surface area contributed by atoms with Gasteiger partial charge in [0.2, 0.25) is 5.78 Å². The number of aliphatic hydroxyl groups is 1. The van der Waals surface area contributed by atoms with Crippen LogP contribution in [-0.2, 0) is 11.3 Å². The predicted octanol–water partition coefficient (Wildman–Crippen LogP) is 4.77. The van der Waals surface area contributed by atoms with Gasteiger partial charge in [0.25, 0.3) is 5.91 Å². The molecule has 2 aromatic carbocycles. The van der Waals surface area contributed by atoms with Gasteiger partial charge < -0.3 is 19.2 Å². The first-order valence-corrected chi connectivity index (χ1v) is 10.1. The molecule has 0 radical (unpaired) electrons. The van der Waals surface area contributed by atoms with Gasteiger partial charge in [-0.1, -0.05) is 42.5 Å². The molecule has 3 aromatic rings. The molecule has 1 N–H and O–H groups in total. The summed E-state index contributed by atoms with van der Waals surface area (Å²) in [7, 11) is 0. The van der Waals surface area contributed by atoms with Crippen molar-refractivity contribution in [2.24, 2.45) is 0 Å². The summed E-state index contributed by atoms with van der Waals surface area (Å²) in [5.74, 6) is -0.291. The lowest BCUT2D eigenvalue weighted by Gasteiger charge is -2.27. The van der Waals surface area contributed by atoms with E-state index in [1.165, 1.54) is 4.90 Å². The van der Waals surface area contributed by atoms with Crippen LogP contribution in [0.25, 0.3) is 0 Å². The number of hydrogen-bond donors (Lipinski definition) is 1. The number of ether oxygens (including phenoxy) is 1. The first kappa shape index (κ1) is 20.5. The third-order valence-electron chi connectivity index (χ3n) is 5.22. The average Bonchev–Trinajstić information content (AvgIpc) is 3.32. The van der Waals surface area contributed by atoms with E-state index in [2.05, 4.69) is 0 Å². The molecule has 4 rings (SSSR count). The van der Waals surface area contributed by atoms with E-state index in [0.29, 0.717) is 23.7 Å². The van der Waals surface area contributed by atoms with E-state index in [0.717, 1.165) is 5.56 Å². The number of rotatable bonds is 7. The number of Topliss-reactive ketones (excluding diaryl/α,β-unsaturated/α-hetero) is 1. The van der Waals surface area contributed by atoms with Crippen molar-refractivity contribution in [1.29, 1.82) is 0 Å². The van der Waals surface area contributed by atoms with E-state index < -0.39 is 23.5 Å². The van der Waals surface area contributed by atoms with Gasteiger partial charge in [0.1, 0.15) is 11.5 Å². The predicted molar refractivity (Wildman–Crippen MR) is 115 cm³/mol. The molecule has 1 unspecified atom stereocenters. The van der Waals surface area contributed by atoms with Crippen LogP contribution in [0.15, 0.2) is 82.5 Å². The molecule has 1 aliphatic rings. The molecular weight excluding hydrogens is 394 g/mol. The zero-order chi connectivity index (χ0) is 22.0. The molecule has 31 heavy (non-hydrogen) atoms. The topological polar surface area (TPSA) is 80.0 Å². The van der Waals surface area contributed by atoms with Gasteiger partial charge >= 0.3 is 0 Å². The quantitative estimate of drug-likeness (QED) is 0.561. The SMILES string of the molecule is CCOc1ccc(C2C(C(=O)c3ccc(C)o3)=C(O)C(=O)N2Cc2ccccc2)cc1. The molecule has 0 bridgehead atoms. The van der Waals surface area contributed by atoms with Gasteiger partial charge in [0, 0.05) is 6.54 Å². The summed E-state index contributed by atoms with van der Waals surface area (Å²) in [6.45, 7) is 4.41. The van der Waals surface area contributed by atoms with Crippen molar-refractivity contribution in [2.75, 3.05) is 6.61 Å². The maximum absolute atomic E-state index is 13.3. The Morgan fingerprint density at radius 3 is 2.39 bits per heavy atom. The van der Waals surface area contributed by atoms with Crippen LogP contribution in [0.5, 0.6) is 5.75 Å². The van der Waals surface area contributed by atoms with Crippen LogP contribution in [0.4, 0.5) is 0 Å². The van der Waals surface area contributed by atoms with Crippen molar-refractivity contribution in [1.82, 2.24) is 4.90 Å². The van der Waals surface area contributed by atoms with Gasteiger partial charge in [-0.05, 0) is 49.2 Å². The summed E-state index contributed by atoms with van der Waals surface area (Å²) in [6, 6.07) is 19.1. The van der Waals surface area contributed by atoms with E-state index >= 15 is 0 Å². The maximum Gasteiger partial charge on any atom is 0.290 e. The number of furan rings is 1. The number of nitrogens with zero attached hydrogens (tertiary/aromatic N) is 1. The summed E-state index contributed by atoms with van der Waals surface area (Å²) in [6.07, 6.45) is 0. The number of carbonyl (C=O) groups excluding carboxylic acids is 2. The van der Waals surface area contributed by atoms with Crippen LogP contribution in [0.2, 0.25) is 0 Å². The fourth-order valence-electron chi connectivity index (χ4n) is 3.78. The summed E-state index contributed by atoms with van der Waals surface area (Å²) >= 11 is 0. The van der Waals surface area contributed by atoms with Crippen LogP contribution in [-0.4, -0.2) is 28.3 Å². The minimum absolute atomic E-state index is 0.0134.